The van der Waals surface area contributed by atoms with Crippen LogP contribution in [0.25, 0.3) is 0 Å². The van der Waals surface area contributed by atoms with E-state index in [1.165, 1.54) is 30.4 Å². The van der Waals surface area contributed by atoms with Crippen LogP contribution < -0.4 is 10.7 Å². The summed E-state index contributed by atoms with van der Waals surface area (Å²) < 4.78 is 0. The van der Waals surface area contributed by atoms with Crippen LogP contribution in [0.2, 0.25) is 0 Å². The monoisotopic (exact) mass is 327 g/mol. The summed E-state index contributed by atoms with van der Waals surface area (Å²) in [5, 5.41) is 5.08. The maximum atomic E-state index is 12.4. The van der Waals surface area contributed by atoms with E-state index in [9.17, 15) is 4.79 Å². The second kappa shape index (κ2) is 5.48. The third-order valence-electron chi connectivity index (χ3n) is 6.43. The summed E-state index contributed by atoms with van der Waals surface area (Å²) in [5.41, 5.74) is 5.92. The Labute approximate surface area is 145 Å². The molecule has 2 N–H and O–H groups in total. The van der Waals surface area contributed by atoms with E-state index < -0.39 is 0 Å². The highest BCUT2D eigenvalue weighted by Gasteiger charge is 2.58. The maximum absolute atomic E-state index is 12.4. The molecule has 1 aromatic rings. The summed E-state index contributed by atoms with van der Waals surface area (Å²) >= 11 is 0. The van der Waals surface area contributed by atoms with Crippen LogP contribution in [-0.2, 0) is 5.41 Å². The van der Waals surface area contributed by atoms with E-state index in [4.69, 9.17) is 0 Å². The average molecular weight is 327 g/mol. The van der Waals surface area contributed by atoms with Crippen LogP contribution in [0.15, 0.2) is 24.3 Å². The second-order valence-corrected chi connectivity index (χ2v) is 8.85. The molecule has 4 aliphatic carbocycles. The molecule has 4 bridgehead atoms. The molecule has 2 amide bonds. The molecule has 130 valence electrons. The Morgan fingerprint density at radius 1 is 1.08 bits per heavy atom. The first-order valence-corrected chi connectivity index (χ1v) is 9.21. The topological polar surface area (TPSA) is 44.4 Å². The fourth-order valence-electron chi connectivity index (χ4n) is 6.13. The van der Waals surface area contributed by atoms with Gasteiger partial charge in [-0.15, -0.1) is 0 Å². The fourth-order valence-corrected chi connectivity index (χ4v) is 6.13. The Balaban J connectivity index is 1.62. The van der Waals surface area contributed by atoms with Crippen LogP contribution in [-0.4, -0.2) is 30.7 Å². The first-order valence-electron chi connectivity index (χ1n) is 9.21. The van der Waals surface area contributed by atoms with E-state index >= 15 is 0 Å². The Morgan fingerprint density at radius 3 is 2.29 bits per heavy atom. The molecule has 4 saturated carbocycles. The molecule has 2 unspecified atom stereocenters. The first kappa shape index (κ1) is 15.9. The molecule has 1 aromatic carbocycles. The number of urea groups is 1. The zero-order chi connectivity index (χ0) is 16.9. The quantitative estimate of drug-likeness (QED) is 0.836. The molecule has 0 spiro atoms. The number of amides is 2. The lowest BCUT2D eigenvalue weighted by Crippen LogP contribution is -2.66. The molecule has 5 rings (SSSR count). The summed E-state index contributed by atoms with van der Waals surface area (Å²) in [6, 6.07) is 9.09. The molecule has 0 radical (unpaired) electrons. The van der Waals surface area contributed by atoms with Gasteiger partial charge in [0.15, 0.2) is 0 Å². The fraction of sp³-hybridized carbons (Fsp3) is 0.650. The van der Waals surface area contributed by atoms with Gasteiger partial charge >= 0.3 is 6.03 Å². The van der Waals surface area contributed by atoms with Crippen LogP contribution in [0.5, 0.6) is 0 Å². The highest BCUT2D eigenvalue weighted by Crippen LogP contribution is 2.62. The van der Waals surface area contributed by atoms with Crippen molar-refractivity contribution in [2.24, 2.45) is 11.8 Å². The van der Waals surface area contributed by atoms with Gasteiger partial charge in [0.2, 0.25) is 0 Å². The number of carbonyl (C=O) groups excluding carboxylic acids is 1. The van der Waals surface area contributed by atoms with E-state index in [1.54, 1.807) is 5.01 Å². The summed E-state index contributed by atoms with van der Waals surface area (Å²) in [6.45, 7) is 2.15. The molecular weight excluding hydrogens is 298 g/mol. The molecule has 0 aromatic heterocycles. The van der Waals surface area contributed by atoms with Crippen molar-refractivity contribution >= 4 is 6.03 Å². The Kier molecular flexibility index (Phi) is 3.64. The van der Waals surface area contributed by atoms with Crippen molar-refractivity contribution in [2.45, 2.75) is 56.4 Å². The van der Waals surface area contributed by atoms with Crippen molar-refractivity contribution in [1.82, 2.24) is 15.8 Å². The van der Waals surface area contributed by atoms with Crippen LogP contribution in [0, 0.1) is 18.8 Å². The van der Waals surface area contributed by atoms with Gasteiger partial charge < -0.3 is 5.32 Å². The van der Waals surface area contributed by atoms with Crippen LogP contribution in [0.3, 0.4) is 0 Å². The molecule has 0 saturated heterocycles. The number of hydrogen-bond donors (Lipinski definition) is 2. The predicted molar refractivity (Wildman–Crippen MR) is 95.6 cm³/mol. The van der Waals surface area contributed by atoms with Crippen LogP contribution in [0.1, 0.15) is 49.7 Å². The van der Waals surface area contributed by atoms with E-state index in [0.29, 0.717) is 0 Å². The third kappa shape index (κ3) is 2.71. The standard InChI is InChI=1S/C20H29N3O/c1-14-4-6-17(7-5-14)19-9-15-8-16(10-19)12-20(11-15,13-19)21-18(24)22-23(2)3/h4-7,15-16H,8-13H2,1-3H3,(H2,21,22,24)/t15-,16+,19?,20?. The molecule has 0 aliphatic heterocycles. The normalized spacial score (nSPS) is 36.8. The number of rotatable bonds is 3. The summed E-state index contributed by atoms with van der Waals surface area (Å²) in [6.07, 6.45) is 7.34. The lowest BCUT2D eigenvalue weighted by atomic mass is 9.45. The largest absolute Gasteiger partial charge is 0.332 e. The number of aryl methyl sites for hydroxylation is 1. The number of hydrogen-bond acceptors (Lipinski definition) is 2. The molecule has 4 aliphatic rings. The van der Waals surface area contributed by atoms with Crippen molar-refractivity contribution in [3.05, 3.63) is 35.4 Å². The average Bonchev–Trinajstić information content (AvgIpc) is 2.44. The predicted octanol–water partition coefficient (Wildman–Crippen LogP) is 3.36. The van der Waals surface area contributed by atoms with Crippen molar-refractivity contribution in [1.29, 1.82) is 0 Å². The number of carbonyl (C=O) groups is 1. The Bertz CT molecular complexity index is 623. The van der Waals surface area contributed by atoms with E-state index in [2.05, 4.69) is 41.9 Å². The van der Waals surface area contributed by atoms with Gasteiger partial charge in [0.05, 0.1) is 0 Å². The van der Waals surface area contributed by atoms with Gasteiger partial charge in [-0.3, -0.25) is 5.43 Å². The van der Waals surface area contributed by atoms with Gasteiger partial charge in [-0.05, 0) is 68.3 Å². The van der Waals surface area contributed by atoms with Crippen molar-refractivity contribution in [3.63, 3.8) is 0 Å². The Hall–Kier alpha value is -1.55. The zero-order valence-corrected chi connectivity index (χ0v) is 15.1. The highest BCUT2D eigenvalue weighted by molar-refractivity contribution is 5.74. The smallest absolute Gasteiger partial charge is 0.329 e. The minimum absolute atomic E-state index is 0.0188. The van der Waals surface area contributed by atoms with E-state index in [-0.39, 0.29) is 17.0 Å². The molecule has 4 atom stereocenters. The molecule has 24 heavy (non-hydrogen) atoms. The lowest BCUT2D eigenvalue weighted by molar-refractivity contribution is -0.0356. The zero-order valence-electron chi connectivity index (χ0n) is 15.1. The number of nitrogens with one attached hydrogen (secondary N) is 2. The molecule has 4 nitrogen and oxygen atoms in total. The van der Waals surface area contributed by atoms with Gasteiger partial charge in [-0.2, -0.15) is 0 Å². The maximum Gasteiger partial charge on any atom is 0.329 e. The van der Waals surface area contributed by atoms with Crippen LogP contribution >= 0.6 is 0 Å². The van der Waals surface area contributed by atoms with E-state index in [1.807, 2.05) is 14.1 Å². The van der Waals surface area contributed by atoms with Gasteiger partial charge in [0.25, 0.3) is 0 Å². The van der Waals surface area contributed by atoms with Crippen LogP contribution in [0.4, 0.5) is 4.79 Å². The molecular formula is C20H29N3O. The molecule has 4 fully saturated rings. The minimum atomic E-state index is -0.0546. The summed E-state index contributed by atoms with van der Waals surface area (Å²) in [5.74, 6) is 1.51. The second-order valence-electron chi connectivity index (χ2n) is 8.85. The SMILES string of the molecule is Cc1ccc(C23C[C@@H]4C[C@@H](CC(NC(=O)NN(C)C)(C4)C2)C3)cc1. The van der Waals surface area contributed by atoms with Crippen molar-refractivity contribution in [3.8, 4) is 0 Å². The first-order chi connectivity index (χ1) is 11.4. The molecule has 0 heterocycles. The number of hydrazine groups is 1. The van der Waals surface area contributed by atoms with Gasteiger partial charge in [-0.25, -0.2) is 9.80 Å². The van der Waals surface area contributed by atoms with Crippen molar-refractivity contribution in [2.75, 3.05) is 14.1 Å². The van der Waals surface area contributed by atoms with E-state index in [0.717, 1.165) is 31.1 Å². The summed E-state index contributed by atoms with van der Waals surface area (Å²) in [7, 11) is 3.71. The third-order valence-corrected chi connectivity index (χ3v) is 6.43. The minimum Gasteiger partial charge on any atom is -0.332 e. The lowest BCUT2D eigenvalue weighted by Gasteiger charge is -2.62. The highest BCUT2D eigenvalue weighted by atomic mass is 16.2. The van der Waals surface area contributed by atoms with Crippen molar-refractivity contribution < 1.29 is 4.79 Å². The summed E-state index contributed by atoms with van der Waals surface area (Å²) in [4.78, 5) is 12.4. The number of benzene rings is 1. The van der Waals surface area contributed by atoms with Gasteiger partial charge in [0.1, 0.15) is 0 Å². The molecule has 4 heteroatoms. The number of nitrogens with zero attached hydrogens (tertiary/aromatic N) is 1. The van der Waals surface area contributed by atoms with Gasteiger partial charge in [0, 0.05) is 19.6 Å². The van der Waals surface area contributed by atoms with Gasteiger partial charge in [-0.1, -0.05) is 29.8 Å². The Morgan fingerprint density at radius 2 is 1.71 bits per heavy atom.